The highest BCUT2D eigenvalue weighted by Gasteiger charge is 2.28. The third-order valence-electron chi connectivity index (χ3n) is 30.2. The Balaban J connectivity index is 0.0000000888. The topological polar surface area (TPSA) is 123 Å². The van der Waals surface area contributed by atoms with Gasteiger partial charge in [-0.15, -0.1) is 0 Å². The minimum atomic E-state index is 0.939. The smallest absolute Gasteiger partial charge is 0.0985 e. The van der Waals surface area contributed by atoms with Crippen LogP contribution in [0.3, 0.4) is 0 Å². The highest BCUT2D eigenvalue weighted by atomic mass is 15.0. The Bertz CT molecular complexity index is 10700. The standard InChI is InChI=1S/C37H23N3.3C31H19N3/c1-2-12-32-30(10-1)35-31-11-4-7-24-6-3-8-26(34(24)31)21-33(35)40(32)29-17-15-23(16-18-29)28-20-27-14-13-25-9-5-19-38-36(25)37(27)39-22-28;1-2-14-25-22(11-1)29-24-12-4-8-19-7-3-9-20(28(19)24)17-27(29)34(25)26-18-21-10-5-15-32-30(21)31-23(26)13-6-16-33-31;1-2-12-25-22(10-1)29-24-11-4-7-19-6-3-8-21(28(19)24)18-27(29)34(25)26-15-17-33-31-23(26)14-13-20-9-5-16-32-30(20)31;1-2-12-26-24(10-1)29-25-11-4-7-19-6-3-8-21(28(19)25)17-27(29)34(26)23-16-22-14-13-20-9-5-15-32-30(20)31(22)33-18-23/h1-10,12-22H,11H2;1-11,13-18H,12H2;2*1-10,12-18H,11H2. The van der Waals surface area contributed by atoms with Crippen molar-refractivity contribution in [1.82, 2.24) is 58.1 Å². The normalized spacial score (nSPS) is 13.0. The van der Waals surface area contributed by atoms with Crippen LogP contribution >= 0.6 is 0 Å². The highest BCUT2D eigenvalue weighted by molar-refractivity contribution is 6.24. The quantitative estimate of drug-likeness (QED) is 0.156. The second kappa shape index (κ2) is 31.4. The number of rotatable bonds is 5. The fourth-order valence-electron chi connectivity index (χ4n) is 24.3. The van der Waals surface area contributed by atoms with Gasteiger partial charge in [-0.1, -0.05) is 261 Å². The molecular formula is C130H80N12. The zero-order valence-electron chi connectivity index (χ0n) is 76.8. The van der Waals surface area contributed by atoms with Crippen LogP contribution in [-0.4, -0.2) is 58.1 Å². The van der Waals surface area contributed by atoms with Crippen molar-refractivity contribution in [2.75, 3.05) is 0 Å². The van der Waals surface area contributed by atoms with Crippen molar-refractivity contribution in [2.45, 2.75) is 25.7 Å². The average molecular weight is 1810 g/mol. The molecular weight excluding hydrogens is 1730 g/mol. The van der Waals surface area contributed by atoms with Gasteiger partial charge in [-0.2, -0.15) is 0 Å². The number of para-hydroxylation sites is 4. The maximum absolute atomic E-state index is 4.91. The van der Waals surface area contributed by atoms with Gasteiger partial charge >= 0.3 is 0 Å². The van der Waals surface area contributed by atoms with Crippen LogP contribution in [0.25, 0.3) is 276 Å². The molecule has 4 aliphatic carbocycles. The zero-order chi connectivity index (χ0) is 92.9. The molecule has 142 heavy (non-hydrogen) atoms. The molecule has 0 bridgehead atoms. The molecule has 12 heterocycles. The number of allylic oxidation sites excluding steroid dienone is 4. The molecule has 12 heteroatoms. The molecule has 17 aromatic carbocycles. The predicted molar refractivity (Wildman–Crippen MR) is 592 cm³/mol. The SMILES string of the molecule is C1=Cc2cccc3cc4c(c(c23)C1)c1ccccc1n4-c1cc2cccnc2c2ncccc12.C1=Cc2cccc3cc4c(c(c23)C1)c1ccccc1n4-c1ccc(-c2cnc3c(ccc4cccnc43)c2)cc1.C1=Cc2cccc3cc4c(c(c23)C1)c1ccccc1n4-c1ccnc2c1ccc1cccnc12.C1=Cc2cccc3cc4c(c(c23)C1)c1ccccc1n4-c1cnc2c(ccc3cccnc32)c1. The number of hydrogen-bond acceptors (Lipinski definition) is 8. The minimum absolute atomic E-state index is 0.939. The fraction of sp³-hybridized carbons (Fsp3) is 0.0308. The molecule has 29 aromatic rings. The Morgan fingerprint density at radius 3 is 0.965 bits per heavy atom. The van der Waals surface area contributed by atoms with Gasteiger partial charge in [-0.05, 0) is 246 Å². The molecule has 33 rings (SSSR count). The van der Waals surface area contributed by atoms with E-state index in [4.69, 9.17) is 19.9 Å². The van der Waals surface area contributed by atoms with Crippen molar-refractivity contribution < 1.29 is 0 Å². The predicted octanol–water partition coefficient (Wildman–Crippen LogP) is 32.1. The van der Waals surface area contributed by atoms with Crippen molar-refractivity contribution in [3.63, 3.8) is 0 Å². The number of benzene rings is 17. The maximum Gasteiger partial charge on any atom is 0.0985 e. The summed E-state index contributed by atoms with van der Waals surface area (Å²) in [6.45, 7) is 0. The summed E-state index contributed by atoms with van der Waals surface area (Å²) in [4.78, 5) is 37.8. The van der Waals surface area contributed by atoms with Crippen LogP contribution in [-0.2, 0) is 25.7 Å². The number of aromatic nitrogens is 12. The van der Waals surface area contributed by atoms with Gasteiger partial charge in [0, 0.05) is 141 Å². The van der Waals surface area contributed by atoms with Crippen LogP contribution in [0.1, 0.15) is 44.5 Å². The molecule has 0 aliphatic heterocycles. The van der Waals surface area contributed by atoms with Gasteiger partial charge in [0.25, 0.3) is 0 Å². The number of fused-ring (bicyclic) bond motifs is 28. The van der Waals surface area contributed by atoms with Crippen LogP contribution < -0.4 is 0 Å². The minimum Gasteiger partial charge on any atom is -0.309 e. The molecule has 12 nitrogen and oxygen atoms in total. The van der Waals surface area contributed by atoms with Gasteiger partial charge in [0.15, 0.2) is 0 Å². The van der Waals surface area contributed by atoms with E-state index in [-0.39, 0.29) is 0 Å². The van der Waals surface area contributed by atoms with Crippen LogP contribution in [0.2, 0.25) is 0 Å². The Morgan fingerprint density at radius 1 is 0.176 bits per heavy atom. The Labute approximate surface area is 812 Å². The summed E-state index contributed by atoms with van der Waals surface area (Å²) in [5.41, 5.74) is 35.1. The van der Waals surface area contributed by atoms with Gasteiger partial charge in [0.2, 0.25) is 0 Å². The molecule has 660 valence electrons. The first kappa shape index (κ1) is 79.4. The summed E-state index contributed by atoms with van der Waals surface area (Å²) >= 11 is 0. The average Bonchev–Trinajstić information content (AvgIpc) is 1.56. The van der Waals surface area contributed by atoms with E-state index >= 15 is 0 Å². The summed E-state index contributed by atoms with van der Waals surface area (Å²) in [7, 11) is 0. The zero-order valence-corrected chi connectivity index (χ0v) is 76.8. The summed E-state index contributed by atoms with van der Waals surface area (Å²) < 4.78 is 9.65. The summed E-state index contributed by atoms with van der Waals surface area (Å²) in [5, 5.41) is 30.2. The molecule has 0 radical (unpaired) electrons. The molecule has 0 saturated heterocycles. The molecule has 0 fully saturated rings. The molecule has 0 amide bonds. The van der Waals surface area contributed by atoms with Crippen molar-refractivity contribution in [2.24, 2.45) is 0 Å². The molecule has 0 saturated carbocycles. The van der Waals surface area contributed by atoms with E-state index in [1.165, 1.54) is 175 Å². The lowest BCUT2D eigenvalue weighted by molar-refractivity contribution is 1.16. The lowest BCUT2D eigenvalue weighted by Gasteiger charge is -2.16. The van der Waals surface area contributed by atoms with Crippen molar-refractivity contribution >= 4 is 242 Å². The Morgan fingerprint density at radius 2 is 0.500 bits per heavy atom. The molecule has 4 aliphatic rings. The monoisotopic (exact) mass is 1810 g/mol. The highest BCUT2D eigenvalue weighted by Crippen LogP contribution is 2.49. The lowest BCUT2D eigenvalue weighted by atomic mass is 9.90. The van der Waals surface area contributed by atoms with E-state index < -0.39 is 0 Å². The first-order valence-corrected chi connectivity index (χ1v) is 48.7. The van der Waals surface area contributed by atoms with Gasteiger partial charge in [-0.3, -0.25) is 39.9 Å². The van der Waals surface area contributed by atoms with Crippen molar-refractivity contribution in [3.8, 4) is 33.9 Å². The second-order valence-electron chi connectivity index (χ2n) is 37.7. The third-order valence-corrected chi connectivity index (χ3v) is 30.2. The van der Waals surface area contributed by atoms with E-state index in [0.29, 0.717) is 0 Å². The van der Waals surface area contributed by atoms with E-state index in [1.807, 2.05) is 79.9 Å². The first-order valence-electron chi connectivity index (χ1n) is 48.7. The van der Waals surface area contributed by atoms with E-state index in [0.717, 1.165) is 147 Å². The summed E-state index contributed by atoms with van der Waals surface area (Å²) in [6.07, 6.45) is 37.1. The van der Waals surface area contributed by atoms with Gasteiger partial charge in [-0.25, -0.2) is 0 Å². The Hall–Kier alpha value is -18.8. The fourth-order valence-corrected chi connectivity index (χ4v) is 24.3. The third kappa shape index (κ3) is 12.1. The number of pyridine rings is 8. The van der Waals surface area contributed by atoms with Gasteiger partial charge in [0.05, 0.1) is 112 Å². The van der Waals surface area contributed by atoms with E-state index in [2.05, 4.69) is 396 Å². The van der Waals surface area contributed by atoms with Crippen LogP contribution in [0.15, 0.2) is 414 Å². The first-order chi connectivity index (χ1) is 70.5. The van der Waals surface area contributed by atoms with Crippen LogP contribution in [0.4, 0.5) is 0 Å². The van der Waals surface area contributed by atoms with Crippen LogP contribution in [0, 0.1) is 0 Å². The van der Waals surface area contributed by atoms with E-state index in [9.17, 15) is 0 Å². The molecule has 0 spiro atoms. The Kier molecular flexibility index (Phi) is 17.6. The number of hydrogen-bond donors (Lipinski definition) is 0. The van der Waals surface area contributed by atoms with Gasteiger partial charge in [0.1, 0.15) is 0 Å². The summed E-state index contributed by atoms with van der Waals surface area (Å²) in [5.74, 6) is 0. The van der Waals surface area contributed by atoms with Gasteiger partial charge < -0.3 is 18.3 Å². The largest absolute Gasteiger partial charge is 0.309 e. The van der Waals surface area contributed by atoms with E-state index in [1.54, 1.807) is 0 Å². The molecule has 0 unspecified atom stereocenters. The summed E-state index contributed by atoms with van der Waals surface area (Å²) in [6, 6.07) is 122. The molecule has 0 atom stereocenters. The molecule has 0 N–H and O–H groups in total. The second-order valence-corrected chi connectivity index (χ2v) is 37.7. The van der Waals surface area contributed by atoms with Crippen molar-refractivity contribution in [3.05, 3.63) is 458 Å². The number of nitrogens with zero attached hydrogens (tertiary/aromatic N) is 12. The lowest BCUT2D eigenvalue weighted by Crippen LogP contribution is -1.99. The van der Waals surface area contributed by atoms with Crippen LogP contribution in [0.5, 0.6) is 0 Å². The van der Waals surface area contributed by atoms with Crippen molar-refractivity contribution in [1.29, 1.82) is 0 Å². The maximum atomic E-state index is 4.91. The molecule has 12 aromatic heterocycles.